The number of rotatable bonds is 3. The quantitative estimate of drug-likeness (QED) is 0.371. The Morgan fingerprint density at radius 1 is 1.19 bits per heavy atom. The van der Waals surface area contributed by atoms with Gasteiger partial charge in [-0.3, -0.25) is 4.90 Å². The van der Waals surface area contributed by atoms with E-state index in [1.54, 1.807) is 0 Å². The fourth-order valence-electron chi connectivity index (χ4n) is 3.12. The zero-order chi connectivity index (χ0) is 14.7. The predicted molar refractivity (Wildman–Crippen MR) is 82.0 cm³/mol. The van der Waals surface area contributed by atoms with Gasteiger partial charge >= 0.3 is 0 Å². The number of hydrogen-bond acceptors (Lipinski definition) is 5. The summed E-state index contributed by atoms with van der Waals surface area (Å²) >= 11 is 0. The number of ether oxygens (including phenoxy) is 1. The minimum Gasteiger partial charge on any atom is -0.409 e. The van der Waals surface area contributed by atoms with Crippen molar-refractivity contribution < 1.29 is 9.94 Å². The fraction of sp³-hybridized carbons (Fsp3) is 0.533. The van der Waals surface area contributed by atoms with Crippen molar-refractivity contribution in [2.75, 3.05) is 44.3 Å². The van der Waals surface area contributed by atoms with Crippen molar-refractivity contribution in [1.29, 1.82) is 0 Å². The Morgan fingerprint density at radius 2 is 1.90 bits per heavy atom. The third kappa shape index (κ3) is 3.11. The van der Waals surface area contributed by atoms with E-state index in [0.29, 0.717) is 6.04 Å². The van der Waals surface area contributed by atoms with Crippen LogP contribution in [0.4, 0.5) is 5.69 Å². The lowest BCUT2D eigenvalue weighted by Gasteiger charge is -2.32. The highest BCUT2D eigenvalue weighted by Crippen LogP contribution is 2.24. The second kappa shape index (κ2) is 6.32. The van der Waals surface area contributed by atoms with Crippen LogP contribution >= 0.6 is 0 Å². The maximum Gasteiger partial charge on any atom is 0.170 e. The fourth-order valence-corrected chi connectivity index (χ4v) is 3.12. The smallest absolute Gasteiger partial charge is 0.170 e. The second-order valence-corrected chi connectivity index (χ2v) is 5.57. The molecule has 0 spiro atoms. The third-order valence-corrected chi connectivity index (χ3v) is 4.36. The van der Waals surface area contributed by atoms with Crippen LogP contribution in [0.15, 0.2) is 29.4 Å². The van der Waals surface area contributed by atoms with E-state index in [2.05, 4.69) is 15.0 Å². The Labute approximate surface area is 124 Å². The van der Waals surface area contributed by atoms with E-state index >= 15 is 0 Å². The minimum absolute atomic E-state index is 0.147. The molecule has 6 nitrogen and oxygen atoms in total. The standard InChI is InChI=1S/C15H22N4O2/c16-15(17-20)12-1-3-13(4-2-12)19-6-5-14(11-19)18-7-9-21-10-8-18/h1-4,14,20H,5-11H2,(H2,16,17). The lowest BCUT2D eigenvalue weighted by Crippen LogP contribution is -2.44. The molecule has 3 N–H and O–H groups in total. The Bertz CT molecular complexity index is 497. The SMILES string of the molecule is NC(=NO)c1ccc(N2CCC(N3CCOCC3)C2)cc1. The lowest BCUT2D eigenvalue weighted by molar-refractivity contribution is 0.0209. The Kier molecular flexibility index (Phi) is 4.26. The van der Waals surface area contributed by atoms with E-state index in [4.69, 9.17) is 15.7 Å². The van der Waals surface area contributed by atoms with Crippen molar-refractivity contribution in [3.63, 3.8) is 0 Å². The number of benzene rings is 1. The van der Waals surface area contributed by atoms with E-state index in [-0.39, 0.29) is 5.84 Å². The van der Waals surface area contributed by atoms with Crippen LogP contribution in [0.3, 0.4) is 0 Å². The molecule has 2 saturated heterocycles. The number of oxime groups is 1. The average molecular weight is 290 g/mol. The molecule has 2 aliphatic rings. The predicted octanol–water partition coefficient (Wildman–Crippen LogP) is 0.692. The Morgan fingerprint density at radius 3 is 2.57 bits per heavy atom. The molecule has 1 aromatic rings. The summed E-state index contributed by atoms with van der Waals surface area (Å²) in [6.07, 6.45) is 1.20. The molecule has 1 unspecified atom stereocenters. The van der Waals surface area contributed by atoms with Gasteiger partial charge in [0, 0.05) is 43.5 Å². The average Bonchev–Trinajstić information content (AvgIpc) is 3.05. The first-order valence-corrected chi connectivity index (χ1v) is 7.42. The van der Waals surface area contributed by atoms with Gasteiger partial charge in [-0.2, -0.15) is 0 Å². The molecule has 0 amide bonds. The van der Waals surface area contributed by atoms with Crippen molar-refractivity contribution in [1.82, 2.24) is 4.90 Å². The zero-order valence-corrected chi connectivity index (χ0v) is 12.1. The van der Waals surface area contributed by atoms with Crippen LogP contribution in [-0.4, -0.2) is 61.4 Å². The Hall–Kier alpha value is -1.79. The van der Waals surface area contributed by atoms with Crippen LogP contribution in [0.5, 0.6) is 0 Å². The van der Waals surface area contributed by atoms with Gasteiger partial charge in [0.05, 0.1) is 13.2 Å². The van der Waals surface area contributed by atoms with Gasteiger partial charge < -0.3 is 20.6 Å². The summed E-state index contributed by atoms with van der Waals surface area (Å²) in [6, 6.07) is 8.49. The van der Waals surface area contributed by atoms with E-state index in [9.17, 15) is 0 Å². The number of nitrogens with zero attached hydrogens (tertiary/aromatic N) is 3. The van der Waals surface area contributed by atoms with Gasteiger partial charge in [0.15, 0.2) is 5.84 Å². The molecule has 1 atom stereocenters. The first-order valence-electron chi connectivity index (χ1n) is 7.42. The highest BCUT2D eigenvalue weighted by atomic mass is 16.5. The van der Waals surface area contributed by atoms with Crippen LogP contribution in [0.1, 0.15) is 12.0 Å². The summed E-state index contributed by atoms with van der Waals surface area (Å²) in [5.74, 6) is 0.147. The first kappa shape index (κ1) is 14.2. The number of morpholine rings is 1. The highest BCUT2D eigenvalue weighted by molar-refractivity contribution is 5.97. The van der Waals surface area contributed by atoms with E-state index in [1.807, 2.05) is 24.3 Å². The molecule has 0 bridgehead atoms. The van der Waals surface area contributed by atoms with Crippen molar-refractivity contribution in [2.45, 2.75) is 12.5 Å². The number of nitrogens with two attached hydrogens (primary N) is 1. The molecule has 2 aliphatic heterocycles. The van der Waals surface area contributed by atoms with Crippen LogP contribution in [0.2, 0.25) is 0 Å². The largest absolute Gasteiger partial charge is 0.409 e. The van der Waals surface area contributed by atoms with Gasteiger partial charge in [-0.1, -0.05) is 5.16 Å². The van der Waals surface area contributed by atoms with E-state index in [0.717, 1.165) is 45.0 Å². The molecule has 0 radical (unpaired) electrons. The van der Waals surface area contributed by atoms with Gasteiger partial charge in [0.2, 0.25) is 0 Å². The molecule has 114 valence electrons. The third-order valence-electron chi connectivity index (χ3n) is 4.36. The molecule has 0 saturated carbocycles. The molecule has 3 rings (SSSR count). The zero-order valence-electron chi connectivity index (χ0n) is 12.1. The van der Waals surface area contributed by atoms with E-state index < -0.39 is 0 Å². The minimum atomic E-state index is 0.147. The maximum absolute atomic E-state index is 8.68. The normalized spacial score (nSPS) is 24.5. The lowest BCUT2D eigenvalue weighted by atomic mass is 10.2. The summed E-state index contributed by atoms with van der Waals surface area (Å²) in [5.41, 5.74) is 7.52. The van der Waals surface area contributed by atoms with Crippen LogP contribution in [0, 0.1) is 0 Å². The summed E-state index contributed by atoms with van der Waals surface area (Å²) in [7, 11) is 0. The molecule has 6 heteroatoms. The number of anilines is 1. The van der Waals surface area contributed by atoms with E-state index in [1.165, 1.54) is 12.1 Å². The summed E-state index contributed by atoms with van der Waals surface area (Å²) in [5, 5.41) is 11.7. The van der Waals surface area contributed by atoms with Gasteiger partial charge in [0.25, 0.3) is 0 Å². The van der Waals surface area contributed by atoms with Crippen LogP contribution in [-0.2, 0) is 4.74 Å². The second-order valence-electron chi connectivity index (χ2n) is 5.57. The van der Waals surface area contributed by atoms with Gasteiger partial charge in [0.1, 0.15) is 0 Å². The summed E-state index contributed by atoms with van der Waals surface area (Å²) in [6.45, 7) is 5.92. The summed E-state index contributed by atoms with van der Waals surface area (Å²) in [4.78, 5) is 4.93. The van der Waals surface area contributed by atoms with Crippen molar-refractivity contribution in [3.05, 3.63) is 29.8 Å². The van der Waals surface area contributed by atoms with Crippen molar-refractivity contribution in [2.24, 2.45) is 10.9 Å². The van der Waals surface area contributed by atoms with Crippen LogP contribution < -0.4 is 10.6 Å². The molecule has 21 heavy (non-hydrogen) atoms. The molecule has 2 fully saturated rings. The number of hydrogen-bond donors (Lipinski definition) is 2. The van der Waals surface area contributed by atoms with Crippen molar-refractivity contribution >= 4 is 11.5 Å². The monoisotopic (exact) mass is 290 g/mol. The van der Waals surface area contributed by atoms with Gasteiger partial charge in [-0.15, -0.1) is 0 Å². The summed E-state index contributed by atoms with van der Waals surface area (Å²) < 4.78 is 5.42. The maximum atomic E-state index is 8.68. The number of amidine groups is 1. The molecule has 2 heterocycles. The first-order chi connectivity index (χ1) is 10.3. The Balaban J connectivity index is 1.63. The molecule has 0 aromatic heterocycles. The molecule has 0 aliphatic carbocycles. The van der Waals surface area contributed by atoms with Crippen LogP contribution in [0.25, 0.3) is 0 Å². The van der Waals surface area contributed by atoms with Crippen molar-refractivity contribution in [3.8, 4) is 0 Å². The topological polar surface area (TPSA) is 74.3 Å². The highest BCUT2D eigenvalue weighted by Gasteiger charge is 2.28. The molecular formula is C15H22N4O2. The van der Waals surface area contributed by atoms with Gasteiger partial charge in [-0.05, 0) is 30.7 Å². The van der Waals surface area contributed by atoms with Gasteiger partial charge in [-0.25, -0.2) is 0 Å². The molecule has 1 aromatic carbocycles. The molecular weight excluding hydrogens is 268 g/mol.